The highest BCUT2D eigenvalue weighted by atomic mass is 35.5. The quantitative estimate of drug-likeness (QED) is 0.614. The molecule has 1 amide bonds. The van der Waals surface area contributed by atoms with Crippen LogP contribution in [0.25, 0.3) is 5.52 Å². The van der Waals surface area contributed by atoms with E-state index in [9.17, 15) is 4.79 Å². The molecule has 29 heavy (non-hydrogen) atoms. The van der Waals surface area contributed by atoms with Crippen LogP contribution in [0.4, 0.5) is 0 Å². The maximum atomic E-state index is 12.7. The summed E-state index contributed by atoms with van der Waals surface area (Å²) in [4.78, 5) is 18.9. The van der Waals surface area contributed by atoms with Crippen molar-refractivity contribution in [3.05, 3.63) is 53.4 Å². The van der Waals surface area contributed by atoms with Gasteiger partial charge in [0.15, 0.2) is 5.15 Å². The molecule has 1 aromatic carbocycles. The van der Waals surface area contributed by atoms with Crippen LogP contribution < -0.4 is 9.47 Å². The normalized spacial score (nSPS) is 18.8. The van der Waals surface area contributed by atoms with E-state index in [4.69, 9.17) is 21.1 Å². The minimum absolute atomic E-state index is 0.0172. The van der Waals surface area contributed by atoms with Gasteiger partial charge in [-0.3, -0.25) is 4.79 Å². The highest BCUT2D eigenvalue weighted by Crippen LogP contribution is 2.32. The molecule has 1 saturated heterocycles. The maximum Gasteiger partial charge on any atom is 0.241 e. The molecular weight excluding hydrogens is 392 g/mol. The van der Waals surface area contributed by atoms with Crippen LogP contribution in [0.2, 0.25) is 5.15 Å². The number of likely N-dealkylation sites (tertiary alicyclic amines) is 1. The Hall–Kier alpha value is -2.80. The predicted octanol–water partition coefficient (Wildman–Crippen LogP) is 3.77. The molecular formula is C21H23ClN4O3. The molecule has 1 aliphatic rings. The van der Waals surface area contributed by atoms with Gasteiger partial charge in [-0.15, -0.1) is 0 Å². The van der Waals surface area contributed by atoms with Crippen molar-refractivity contribution in [3.8, 4) is 11.6 Å². The monoisotopic (exact) mass is 414 g/mol. The first-order valence-corrected chi connectivity index (χ1v) is 9.94. The Bertz CT molecular complexity index is 1020. The van der Waals surface area contributed by atoms with E-state index in [2.05, 4.69) is 10.1 Å². The number of methoxy groups -OCH3 is 1. The topological polar surface area (TPSA) is 69.0 Å². The number of rotatable bonds is 6. The second kappa shape index (κ2) is 7.91. The summed E-state index contributed by atoms with van der Waals surface area (Å²) < 4.78 is 13.0. The van der Waals surface area contributed by atoms with Gasteiger partial charge < -0.3 is 14.4 Å². The summed E-state index contributed by atoms with van der Waals surface area (Å²) in [5.74, 6) is 1.42. The lowest BCUT2D eigenvalue weighted by molar-refractivity contribution is -0.129. The molecule has 0 spiro atoms. The first kappa shape index (κ1) is 19.5. The minimum atomic E-state index is -0.198. The van der Waals surface area contributed by atoms with E-state index in [1.54, 1.807) is 24.0 Å². The Balaban J connectivity index is 1.47. The molecule has 7 nitrogen and oxygen atoms in total. The molecule has 0 aliphatic carbocycles. The fourth-order valence-electron chi connectivity index (χ4n) is 3.74. The number of halogens is 1. The van der Waals surface area contributed by atoms with Crippen molar-refractivity contribution in [1.29, 1.82) is 0 Å². The van der Waals surface area contributed by atoms with E-state index in [0.29, 0.717) is 24.0 Å². The van der Waals surface area contributed by atoms with Crippen molar-refractivity contribution >= 4 is 23.0 Å². The summed E-state index contributed by atoms with van der Waals surface area (Å²) in [7, 11) is 1.64. The summed E-state index contributed by atoms with van der Waals surface area (Å²) in [5, 5.41) is 4.49. The van der Waals surface area contributed by atoms with Crippen LogP contribution in [0, 0.1) is 5.92 Å². The number of hydrogen-bond donors (Lipinski definition) is 0. The molecule has 3 aromatic rings. The number of hydrogen-bond acceptors (Lipinski definition) is 5. The molecule has 0 radical (unpaired) electrons. The van der Waals surface area contributed by atoms with Crippen molar-refractivity contribution in [1.82, 2.24) is 19.5 Å². The van der Waals surface area contributed by atoms with Crippen LogP contribution in [0.1, 0.15) is 31.9 Å². The summed E-state index contributed by atoms with van der Waals surface area (Å²) in [5.41, 5.74) is 1.82. The lowest BCUT2D eigenvalue weighted by atomic mass is 10.0. The fourth-order valence-corrected chi connectivity index (χ4v) is 3.91. The van der Waals surface area contributed by atoms with Crippen LogP contribution in [-0.2, 0) is 4.79 Å². The zero-order chi connectivity index (χ0) is 20.5. The third kappa shape index (κ3) is 3.87. The smallest absolute Gasteiger partial charge is 0.241 e. The van der Waals surface area contributed by atoms with E-state index in [0.717, 1.165) is 16.8 Å². The number of benzene rings is 1. The van der Waals surface area contributed by atoms with E-state index < -0.39 is 0 Å². The minimum Gasteiger partial charge on any atom is -0.497 e. The molecule has 3 atom stereocenters. The van der Waals surface area contributed by atoms with Crippen LogP contribution in [0.3, 0.4) is 0 Å². The zero-order valence-electron chi connectivity index (χ0n) is 16.6. The van der Waals surface area contributed by atoms with Gasteiger partial charge in [0.05, 0.1) is 25.5 Å². The molecule has 0 saturated carbocycles. The van der Waals surface area contributed by atoms with Gasteiger partial charge >= 0.3 is 0 Å². The van der Waals surface area contributed by atoms with Crippen molar-refractivity contribution in [2.75, 3.05) is 13.7 Å². The van der Waals surface area contributed by atoms with Gasteiger partial charge in [-0.05, 0) is 37.6 Å². The van der Waals surface area contributed by atoms with Gasteiger partial charge in [-0.1, -0.05) is 23.7 Å². The van der Waals surface area contributed by atoms with Crippen LogP contribution in [0.5, 0.6) is 11.6 Å². The molecule has 1 aliphatic heterocycles. The highest BCUT2D eigenvalue weighted by Gasteiger charge is 2.37. The number of carbonyl (C=O) groups excluding carboxylic acids is 1. The van der Waals surface area contributed by atoms with Crippen molar-refractivity contribution in [2.24, 2.45) is 5.92 Å². The van der Waals surface area contributed by atoms with E-state index in [1.165, 1.54) is 0 Å². The lowest BCUT2D eigenvalue weighted by Gasteiger charge is -2.26. The molecule has 2 aromatic heterocycles. The summed E-state index contributed by atoms with van der Waals surface area (Å²) in [6, 6.07) is 9.63. The van der Waals surface area contributed by atoms with Gasteiger partial charge in [0.25, 0.3) is 0 Å². The number of carbonyl (C=O) groups is 1. The standard InChI is InChI=1S/C21H23ClN4O3/c1-13(15-4-6-17(28-3)7-5-15)25-11-16(10-20(25)27)14(2)29-21-18-8-9-23-26(18)12-19(22)24-21/h4-9,12-14,16H,10-11H2,1-3H3/t13-,14-,16?/m1/s1. The number of nitrogens with zero attached hydrogens (tertiary/aromatic N) is 4. The van der Waals surface area contributed by atoms with Crippen molar-refractivity contribution in [2.45, 2.75) is 32.4 Å². The molecule has 0 N–H and O–H groups in total. The summed E-state index contributed by atoms with van der Waals surface area (Å²) in [6.07, 6.45) is 3.54. The molecule has 3 heterocycles. The zero-order valence-corrected chi connectivity index (χ0v) is 17.3. The number of amides is 1. The number of fused-ring (bicyclic) bond motifs is 1. The molecule has 0 bridgehead atoms. The van der Waals surface area contributed by atoms with E-state index in [-0.39, 0.29) is 24.0 Å². The van der Waals surface area contributed by atoms with Gasteiger partial charge in [0.2, 0.25) is 11.8 Å². The fraction of sp³-hybridized carbons (Fsp3) is 0.381. The van der Waals surface area contributed by atoms with Crippen LogP contribution >= 0.6 is 11.6 Å². The Morgan fingerprint density at radius 1 is 1.21 bits per heavy atom. The van der Waals surface area contributed by atoms with E-state index in [1.807, 2.05) is 49.1 Å². The second-order valence-electron chi connectivity index (χ2n) is 7.31. The van der Waals surface area contributed by atoms with Crippen molar-refractivity contribution in [3.63, 3.8) is 0 Å². The number of aromatic nitrogens is 3. The first-order chi connectivity index (χ1) is 14.0. The highest BCUT2D eigenvalue weighted by molar-refractivity contribution is 6.29. The third-order valence-electron chi connectivity index (χ3n) is 5.54. The van der Waals surface area contributed by atoms with Crippen molar-refractivity contribution < 1.29 is 14.3 Å². The Morgan fingerprint density at radius 2 is 1.97 bits per heavy atom. The van der Waals surface area contributed by atoms with Crippen LogP contribution in [0.15, 0.2) is 42.7 Å². The third-order valence-corrected chi connectivity index (χ3v) is 5.72. The lowest BCUT2D eigenvalue weighted by Crippen LogP contribution is -2.31. The Kier molecular flexibility index (Phi) is 5.32. The molecule has 8 heteroatoms. The average Bonchev–Trinajstić information content (AvgIpc) is 3.34. The first-order valence-electron chi connectivity index (χ1n) is 9.56. The molecule has 1 fully saturated rings. The SMILES string of the molecule is COc1ccc([C@@H](C)N2CC([C@@H](C)Oc3nc(Cl)cn4nccc34)CC2=O)cc1. The summed E-state index contributed by atoms with van der Waals surface area (Å²) in [6.45, 7) is 4.64. The molecule has 4 rings (SSSR count). The Labute approximate surface area is 174 Å². The van der Waals surface area contributed by atoms with Crippen LogP contribution in [-0.4, -0.2) is 45.2 Å². The molecule has 1 unspecified atom stereocenters. The van der Waals surface area contributed by atoms with Gasteiger partial charge in [-0.25, -0.2) is 4.52 Å². The largest absolute Gasteiger partial charge is 0.497 e. The predicted molar refractivity (Wildman–Crippen MR) is 109 cm³/mol. The average molecular weight is 415 g/mol. The number of ether oxygens (including phenoxy) is 2. The molecule has 152 valence electrons. The maximum absolute atomic E-state index is 12.7. The van der Waals surface area contributed by atoms with Gasteiger partial charge in [0.1, 0.15) is 17.4 Å². The second-order valence-corrected chi connectivity index (χ2v) is 7.70. The summed E-state index contributed by atoms with van der Waals surface area (Å²) >= 11 is 6.08. The Morgan fingerprint density at radius 3 is 2.69 bits per heavy atom. The van der Waals surface area contributed by atoms with Gasteiger partial charge in [0, 0.05) is 18.9 Å². The van der Waals surface area contributed by atoms with Gasteiger partial charge in [-0.2, -0.15) is 10.1 Å². The van der Waals surface area contributed by atoms with E-state index >= 15 is 0 Å².